The average Bonchev–Trinajstić information content (AvgIpc) is 3.11. The molecule has 6 heteroatoms. The van der Waals surface area contributed by atoms with Gasteiger partial charge < -0.3 is 11.1 Å². The van der Waals surface area contributed by atoms with Crippen LogP contribution in [0, 0.1) is 11.8 Å². The highest BCUT2D eigenvalue weighted by Gasteiger charge is 2.29. The molecule has 0 radical (unpaired) electrons. The number of carbonyl (C=O) groups is 1. The zero-order chi connectivity index (χ0) is 14.7. The third-order valence-electron chi connectivity index (χ3n) is 3.07. The lowest BCUT2D eigenvalue weighted by atomic mass is 10.0. The van der Waals surface area contributed by atoms with Crippen molar-refractivity contribution in [3.63, 3.8) is 0 Å². The van der Waals surface area contributed by atoms with Crippen LogP contribution in [0.5, 0.6) is 0 Å². The number of anilines is 1. The van der Waals surface area contributed by atoms with Crippen molar-refractivity contribution in [2.24, 2.45) is 5.73 Å². The molecule has 1 amide bonds. The SMILES string of the molecule is NCC#Cc1cnc(NC(=O)C2CSc3ccccc32)s1. The number of thioether (sulfide) groups is 1. The molecule has 21 heavy (non-hydrogen) atoms. The van der Waals surface area contributed by atoms with Gasteiger partial charge in [-0.2, -0.15) is 0 Å². The number of amides is 1. The minimum absolute atomic E-state index is 0.0138. The van der Waals surface area contributed by atoms with E-state index in [4.69, 9.17) is 5.73 Å². The van der Waals surface area contributed by atoms with Crippen LogP contribution in [0.25, 0.3) is 0 Å². The van der Waals surface area contributed by atoms with E-state index in [9.17, 15) is 4.79 Å². The van der Waals surface area contributed by atoms with E-state index < -0.39 is 0 Å². The molecule has 0 saturated carbocycles. The maximum Gasteiger partial charge on any atom is 0.234 e. The molecule has 0 bridgehead atoms. The van der Waals surface area contributed by atoms with Crippen LogP contribution in [0.15, 0.2) is 35.4 Å². The van der Waals surface area contributed by atoms with Crippen LogP contribution >= 0.6 is 23.1 Å². The van der Waals surface area contributed by atoms with Crippen LogP contribution in [0.2, 0.25) is 0 Å². The van der Waals surface area contributed by atoms with Gasteiger partial charge in [0, 0.05) is 10.6 Å². The number of nitrogens with zero attached hydrogens (tertiary/aromatic N) is 1. The Morgan fingerprint density at radius 1 is 1.48 bits per heavy atom. The largest absolute Gasteiger partial charge is 0.320 e. The van der Waals surface area contributed by atoms with E-state index in [2.05, 4.69) is 28.2 Å². The van der Waals surface area contributed by atoms with E-state index in [1.54, 1.807) is 18.0 Å². The van der Waals surface area contributed by atoms with Crippen molar-refractivity contribution in [2.45, 2.75) is 10.8 Å². The van der Waals surface area contributed by atoms with Gasteiger partial charge in [0.15, 0.2) is 5.13 Å². The van der Waals surface area contributed by atoms with Crippen LogP contribution in [0.4, 0.5) is 5.13 Å². The molecule has 1 aliphatic rings. The quantitative estimate of drug-likeness (QED) is 0.834. The first kappa shape index (κ1) is 14.1. The minimum Gasteiger partial charge on any atom is -0.320 e. The van der Waals surface area contributed by atoms with Gasteiger partial charge in [-0.1, -0.05) is 41.4 Å². The number of fused-ring (bicyclic) bond motifs is 1. The van der Waals surface area contributed by atoms with Crippen LogP contribution in [-0.2, 0) is 4.79 Å². The number of aromatic nitrogens is 1. The molecule has 1 atom stereocenters. The number of thiazole rings is 1. The summed E-state index contributed by atoms with van der Waals surface area (Å²) in [6.07, 6.45) is 1.65. The summed E-state index contributed by atoms with van der Waals surface area (Å²) in [5.41, 5.74) is 6.43. The van der Waals surface area contributed by atoms with Crippen molar-refractivity contribution < 1.29 is 4.79 Å². The Bertz CT molecular complexity index is 730. The van der Waals surface area contributed by atoms with E-state index >= 15 is 0 Å². The van der Waals surface area contributed by atoms with Gasteiger partial charge in [0.25, 0.3) is 0 Å². The van der Waals surface area contributed by atoms with Gasteiger partial charge in [0.05, 0.1) is 23.5 Å². The van der Waals surface area contributed by atoms with Crippen molar-refractivity contribution in [3.05, 3.63) is 40.9 Å². The second kappa shape index (κ2) is 6.31. The van der Waals surface area contributed by atoms with Gasteiger partial charge in [0.1, 0.15) is 0 Å². The predicted octanol–water partition coefficient (Wildman–Crippen LogP) is 2.28. The fraction of sp³-hybridized carbons (Fsp3) is 0.200. The van der Waals surface area contributed by atoms with E-state index in [0.717, 1.165) is 16.2 Å². The Labute approximate surface area is 131 Å². The highest BCUT2D eigenvalue weighted by Crippen LogP contribution is 2.39. The zero-order valence-corrected chi connectivity index (χ0v) is 12.8. The van der Waals surface area contributed by atoms with Crippen molar-refractivity contribution in [1.82, 2.24) is 4.98 Å². The number of nitrogens with one attached hydrogen (secondary N) is 1. The van der Waals surface area contributed by atoms with Gasteiger partial charge in [0.2, 0.25) is 5.91 Å². The molecule has 3 N–H and O–H groups in total. The number of nitrogens with two attached hydrogens (primary N) is 1. The first-order valence-electron chi connectivity index (χ1n) is 6.45. The fourth-order valence-electron chi connectivity index (χ4n) is 2.10. The second-order valence-corrected chi connectivity index (χ2v) is 6.52. The molecular formula is C15H13N3OS2. The number of benzene rings is 1. The van der Waals surface area contributed by atoms with Gasteiger partial charge in [-0.3, -0.25) is 4.79 Å². The summed E-state index contributed by atoms with van der Waals surface area (Å²) in [6, 6.07) is 8.03. The minimum atomic E-state index is -0.117. The maximum atomic E-state index is 12.4. The third-order valence-corrected chi connectivity index (χ3v) is 5.08. The van der Waals surface area contributed by atoms with Crippen molar-refractivity contribution in [3.8, 4) is 11.8 Å². The van der Waals surface area contributed by atoms with Crippen LogP contribution in [0.3, 0.4) is 0 Å². The number of carbonyl (C=O) groups excluding carboxylic acids is 1. The van der Waals surface area contributed by atoms with E-state index in [1.807, 2.05) is 18.2 Å². The molecule has 1 aromatic carbocycles. The molecule has 0 spiro atoms. The molecule has 0 saturated heterocycles. The lowest BCUT2D eigenvalue weighted by Crippen LogP contribution is -2.20. The van der Waals surface area contributed by atoms with E-state index in [-0.39, 0.29) is 11.8 Å². The lowest BCUT2D eigenvalue weighted by Gasteiger charge is -2.09. The molecule has 0 aliphatic carbocycles. The molecule has 106 valence electrons. The van der Waals surface area contributed by atoms with Gasteiger partial charge in [-0.05, 0) is 11.6 Å². The fourth-order valence-corrected chi connectivity index (χ4v) is 4.02. The van der Waals surface area contributed by atoms with Crippen LogP contribution in [0.1, 0.15) is 16.4 Å². The molecule has 4 nitrogen and oxygen atoms in total. The summed E-state index contributed by atoms with van der Waals surface area (Å²) in [6.45, 7) is 0.315. The lowest BCUT2D eigenvalue weighted by molar-refractivity contribution is -0.117. The van der Waals surface area contributed by atoms with Crippen molar-refractivity contribution >= 4 is 34.1 Å². The topological polar surface area (TPSA) is 68.0 Å². The Balaban J connectivity index is 1.71. The van der Waals surface area contributed by atoms with Crippen LogP contribution < -0.4 is 11.1 Å². The number of hydrogen-bond donors (Lipinski definition) is 2. The van der Waals surface area contributed by atoms with E-state index in [1.165, 1.54) is 16.2 Å². The van der Waals surface area contributed by atoms with Crippen molar-refractivity contribution in [2.75, 3.05) is 17.6 Å². The Kier molecular flexibility index (Phi) is 4.25. The monoisotopic (exact) mass is 315 g/mol. The summed E-state index contributed by atoms with van der Waals surface area (Å²) in [7, 11) is 0. The molecule has 2 heterocycles. The zero-order valence-electron chi connectivity index (χ0n) is 11.1. The summed E-state index contributed by atoms with van der Waals surface area (Å²) in [4.78, 5) is 18.5. The normalized spacial score (nSPS) is 16.0. The number of hydrogen-bond acceptors (Lipinski definition) is 5. The molecule has 1 aliphatic heterocycles. The smallest absolute Gasteiger partial charge is 0.234 e. The Morgan fingerprint density at radius 2 is 2.33 bits per heavy atom. The standard InChI is InChI=1S/C15H13N3OS2/c16-7-3-4-10-8-17-15(21-10)18-14(19)12-9-20-13-6-2-1-5-11(12)13/h1-2,5-6,8,12H,7,9,16H2,(H,17,18,19). The van der Waals surface area contributed by atoms with E-state index in [0.29, 0.717) is 11.7 Å². The first-order valence-corrected chi connectivity index (χ1v) is 8.25. The molecular weight excluding hydrogens is 302 g/mol. The van der Waals surface area contributed by atoms with Gasteiger partial charge in [-0.15, -0.1) is 11.8 Å². The van der Waals surface area contributed by atoms with Crippen molar-refractivity contribution in [1.29, 1.82) is 0 Å². The summed E-state index contributed by atoms with van der Waals surface area (Å²) >= 11 is 3.08. The summed E-state index contributed by atoms with van der Waals surface area (Å²) < 4.78 is 0. The summed E-state index contributed by atoms with van der Waals surface area (Å²) in [5, 5.41) is 3.46. The molecule has 1 aromatic heterocycles. The Hall–Kier alpha value is -1.81. The third kappa shape index (κ3) is 3.10. The summed E-state index contributed by atoms with van der Waals surface area (Å²) in [5.74, 6) is 6.32. The predicted molar refractivity (Wildman–Crippen MR) is 86.6 cm³/mol. The molecule has 1 unspecified atom stereocenters. The number of rotatable bonds is 2. The Morgan fingerprint density at radius 3 is 3.19 bits per heavy atom. The first-order chi connectivity index (χ1) is 10.3. The maximum absolute atomic E-state index is 12.4. The van der Waals surface area contributed by atoms with Crippen LogP contribution in [-0.4, -0.2) is 23.2 Å². The highest BCUT2D eigenvalue weighted by atomic mass is 32.2. The van der Waals surface area contributed by atoms with Gasteiger partial charge in [-0.25, -0.2) is 4.98 Å². The second-order valence-electron chi connectivity index (χ2n) is 4.43. The van der Waals surface area contributed by atoms with Gasteiger partial charge >= 0.3 is 0 Å². The molecule has 3 rings (SSSR count). The highest BCUT2D eigenvalue weighted by molar-refractivity contribution is 7.99. The average molecular weight is 315 g/mol. The molecule has 2 aromatic rings. The molecule has 0 fully saturated rings.